The highest BCUT2D eigenvalue weighted by molar-refractivity contribution is 6.76. The quantitative estimate of drug-likeness (QED) is 0.0520. The predicted octanol–water partition coefficient (Wildman–Crippen LogP) is 13.5. The second-order valence-corrected chi connectivity index (χ2v) is 39.2. The van der Waals surface area contributed by atoms with E-state index in [9.17, 15) is 4.79 Å². The molecule has 59 heavy (non-hydrogen) atoms. The van der Waals surface area contributed by atoms with Gasteiger partial charge in [-0.15, -0.1) is 0 Å². The van der Waals surface area contributed by atoms with E-state index in [4.69, 9.17) is 23.7 Å². The van der Waals surface area contributed by atoms with Crippen molar-refractivity contribution in [3.8, 4) is 0 Å². The van der Waals surface area contributed by atoms with Crippen molar-refractivity contribution in [1.29, 1.82) is 5.41 Å². The molecule has 0 radical (unpaired) electrons. The molecule has 7 nitrogen and oxygen atoms in total. The first-order valence-corrected chi connectivity index (χ1v) is 32.3. The number of allylic oxidation sites excluding steroid dienone is 3. The highest BCUT2D eigenvalue weighted by Gasteiger charge is 2.57. The van der Waals surface area contributed by atoms with Crippen LogP contribution in [0.25, 0.3) is 5.57 Å². The number of benzene rings is 1. The maximum absolute atomic E-state index is 13.8. The van der Waals surface area contributed by atoms with E-state index in [0.29, 0.717) is 32.2 Å². The van der Waals surface area contributed by atoms with Crippen LogP contribution in [0.15, 0.2) is 36.0 Å². The fourth-order valence-corrected chi connectivity index (χ4v) is 11.0. The molecule has 3 atom stereocenters. The van der Waals surface area contributed by atoms with Crippen LogP contribution in [0.5, 0.6) is 0 Å². The number of Topliss-reactive ketones (excluding diaryl/α,β-unsaturated/α-hetero) is 1. The standard InChI is InChI=1S/C49H86N2O5Si3/c1-37(2)33-51(36-53-28-29-57(11,12)13)44(50)43(52)21-20-38-18-19-40(30-42(38)39-22-24-47(9,10)25-23-39)41-31-48(34-54-58(14,15)45(3,4)5)26-27-49(32-41,56-48)35-55-59(16,17)46(6,7)8/h18-19,22,30,33,41,50H,20-21,23-29,31-32,34-36H2,1-17H3/t41-,48-,49+. The highest BCUT2D eigenvalue weighted by Crippen LogP contribution is 2.55. The molecule has 2 aliphatic heterocycles. The van der Waals surface area contributed by atoms with E-state index in [1.807, 2.05) is 20.0 Å². The summed E-state index contributed by atoms with van der Waals surface area (Å²) in [4.78, 5) is 15.5. The van der Waals surface area contributed by atoms with Crippen molar-refractivity contribution in [2.45, 2.75) is 206 Å². The Labute approximate surface area is 364 Å². The second kappa shape index (κ2) is 18.6. The lowest BCUT2D eigenvalue weighted by molar-refractivity contribution is -0.173. The number of hydrogen-bond donors (Lipinski definition) is 1. The monoisotopic (exact) mass is 867 g/mol. The smallest absolute Gasteiger partial charge is 0.198 e. The van der Waals surface area contributed by atoms with Gasteiger partial charge in [0.2, 0.25) is 0 Å². The lowest BCUT2D eigenvalue weighted by Gasteiger charge is -2.47. The molecule has 0 saturated carbocycles. The molecule has 1 aromatic rings. The number of aryl methyl sites for hydroxylation is 1. The minimum atomic E-state index is -2.01. The van der Waals surface area contributed by atoms with Crippen LogP contribution in [-0.4, -0.2) is 79.0 Å². The molecule has 3 aliphatic rings. The topological polar surface area (TPSA) is 81.1 Å². The van der Waals surface area contributed by atoms with E-state index in [-0.39, 0.29) is 51.5 Å². The third-order valence-electron chi connectivity index (χ3n) is 14.4. The Kier molecular flexibility index (Phi) is 15.7. The number of ketones is 1. The summed E-state index contributed by atoms with van der Waals surface area (Å²) in [7, 11) is -5.26. The first kappa shape index (κ1) is 50.0. The summed E-state index contributed by atoms with van der Waals surface area (Å²) in [5, 5.41) is 9.19. The van der Waals surface area contributed by atoms with Crippen LogP contribution in [-0.2, 0) is 29.5 Å². The van der Waals surface area contributed by atoms with Crippen LogP contribution >= 0.6 is 0 Å². The minimum absolute atomic E-state index is 0.00381. The van der Waals surface area contributed by atoms with Crippen LogP contribution < -0.4 is 0 Å². The van der Waals surface area contributed by atoms with E-state index >= 15 is 0 Å². The molecule has 10 heteroatoms. The Morgan fingerprint density at radius 1 is 0.898 bits per heavy atom. The van der Waals surface area contributed by atoms with Crippen molar-refractivity contribution in [1.82, 2.24) is 4.90 Å². The number of nitrogens with zero attached hydrogens (tertiary/aromatic N) is 1. The van der Waals surface area contributed by atoms with Crippen LogP contribution in [0.2, 0.25) is 61.9 Å². The van der Waals surface area contributed by atoms with E-state index in [1.54, 1.807) is 4.90 Å². The number of hydrogen-bond acceptors (Lipinski definition) is 6. The first-order chi connectivity index (χ1) is 26.9. The van der Waals surface area contributed by atoms with Gasteiger partial charge in [0.05, 0.1) is 24.4 Å². The Hall–Kier alpha value is -1.67. The Morgan fingerprint density at radius 3 is 1.93 bits per heavy atom. The van der Waals surface area contributed by atoms with Crippen molar-refractivity contribution in [3.05, 3.63) is 52.7 Å². The summed E-state index contributed by atoms with van der Waals surface area (Å²) < 4.78 is 27.3. The first-order valence-electron chi connectivity index (χ1n) is 22.8. The minimum Gasteiger partial charge on any atom is -0.414 e. The van der Waals surface area contributed by atoms with Crippen LogP contribution in [0.3, 0.4) is 0 Å². The largest absolute Gasteiger partial charge is 0.414 e. The van der Waals surface area contributed by atoms with Gasteiger partial charge in [-0.3, -0.25) is 10.2 Å². The average Bonchev–Trinajstić information content (AvgIpc) is 3.38. The Bertz CT molecular complexity index is 1660. The van der Waals surface area contributed by atoms with E-state index in [1.165, 1.54) is 22.3 Å². The number of amidine groups is 1. The summed E-state index contributed by atoms with van der Waals surface area (Å²) in [6.45, 7) is 41.2. The molecule has 0 amide bonds. The van der Waals surface area contributed by atoms with Gasteiger partial charge >= 0.3 is 0 Å². The van der Waals surface area contributed by atoms with Gasteiger partial charge in [-0.25, -0.2) is 0 Å². The molecule has 334 valence electrons. The molecule has 0 aromatic heterocycles. The molecule has 1 aliphatic carbocycles. The Balaban J connectivity index is 1.65. The molecule has 2 bridgehead atoms. The van der Waals surface area contributed by atoms with E-state index in [0.717, 1.165) is 56.6 Å². The van der Waals surface area contributed by atoms with E-state index < -0.39 is 24.7 Å². The molecule has 2 saturated heterocycles. The lowest BCUT2D eigenvalue weighted by Crippen LogP contribution is -2.53. The third kappa shape index (κ3) is 13.4. The molecular formula is C49H86N2O5Si3. The number of ether oxygens (including phenoxy) is 2. The molecule has 0 spiro atoms. The highest BCUT2D eigenvalue weighted by atomic mass is 28.4. The van der Waals surface area contributed by atoms with Gasteiger partial charge < -0.3 is 23.2 Å². The van der Waals surface area contributed by atoms with Gasteiger partial charge in [-0.2, -0.15) is 0 Å². The van der Waals surface area contributed by atoms with Crippen LogP contribution in [0.4, 0.5) is 0 Å². The summed E-state index contributed by atoms with van der Waals surface area (Å²) in [5.74, 6) is 0.154. The number of nitrogens with one attached hydrogen (secondary N) is 1. The van der Waals surface area contributed by atoms with Crippen molar-refractivity contribution in [2.75, 3.05) is 26.6 Å². The van der Waals surface area contributed by atoms with Crippen LogP contribution in [0, 0.1) is 10.8 Å². The number of carbonyl (C=O) groups is 1. The van der Waals surface area contributed by atoms with Gasteiger partial charge in [0.1, 0.15) is 6.73 Å². The average molecular weight is 867 g/mol. The fraction of sp³-hybridized carbons (Fsp3) is 0.755. The molecule has 2 heterocycles. The van der Waals surface area contributed by atoms with Gasteiger partial charge in [-0.05, 0) is 141 Å². The molecular weight excluding hydrogens is 781 g/mol. The van der Waals surface area contributed by atoms with Crippen molar-refractivity contribution >= 4 is 41.9 Å². The second-order valence-electron chi connectivity index (χ2n) is 24.0. The SMILES string of the molecule is CC(C)=CN(COCC[Si](C)(C)C)C(=N)C(=O)CCc1ccc([C@@H]2C[C@@]3(CO[Si](C)(C)C(C)(C)C)CC[C@@](CO[Si](C)(C)C(C)(C)C)(C2)O3)cc1C1=CCC(C)(C)CC1. The van der Waals surface area contributed by atoms with E-state index in [2.05, 4.69) is 125 Å². The summed E-state index contributed by atoms with van der Waals surface area (Å²) in [5.41, 5.74) is 5.86. The third-order valence-corrected chi connectivity index (χ3v) is 25.1. The van der Waals surface area contributed by atoms with Crippen molar-refractivity contribution < 1.29 is 23.1 Å². The fourth-order valence-electron chi connectivity index (χ4n) is 8.12. The summed E-state index contributed by atoms with van der Waals surface area (Å²) in [6.07, 6.45) is 12.3. The predicted molar refractivity (Wildman–Crippen MR) is 257 cm³/mol. The molecule has 1 N–H and O–H groups in total. The van der Waals surface area contributed by atoms with Gasteiger partial charge in [0, 0.05) is 27.3 Å². The zero-order valence-electron chi connectivity index (χ0n) is 40.9. The molecule has 1 aromatic carbocycles. The zero-order chi connectivity index (χ0) is 44.5. The normalized spacial score (nSPS) is 23.8. The lowest BCUT2D eigenvalue weighted by atomic mass is 9.75. The number of rotatable bonds is 18. The number of carbonyl (C=O) groups excluding carboxylic acids is 1. The zero-order valence-corrected chi connectivity index (χ0v) is 43.9. The number of fused-ring (bicyclic) bond motifs is 2. The van der Waals surface area contributed by atoms with Gasteiger partial charge in [0.25, 0.3) is 0 Å². The van der Waals surface area contributed by atoms with Gasteiger partial charge in [0.15, 0.2) is 28.3 Å². The molecule has 0 unspecified atom stereocenters. The Morgan fingerprint density at radius 2 is 1.46 bits per heavy atom. The van der Waals surface area contributed by atoms with Gasteiger partial charge in [-0.1, -0.05) is 105 Å². The van der Waals surface area contributed by atoms with Crippen molar-refractivity contribution in [2.24, 2.45) is 5.41 Å². The summed E-state index contributed by atoms with van der Waals surface area (Å²) >= 11 is 0. The molecule has 2 fully saturated rings. The van der Waals surface area contributed by atoms with Crippen molar-refractivity contribution in [3.63, 3.8) is 0 Å². The maximum Gasteiger partial charge on any atom is 0.198 e. The maximum atomic E-state index is 13.8. The summed E-state index contributed by atoms with van der Waals surface area (Å²) in [6, 6.07) is 8.15. The van der Waals surface area contributed by atoms with Crippen LogP contribution in [0.1, 0.15) is 143 Å². The molecule has 4 rings (SSSR count).